The molecule has 2 nitrogen and oxygen atoms in total. The van der Waals surface area contributed by atoms with E-state index < -0.39 is 0 Å². The van der Waals surface area contributed by atoms with Gasteiger partial charge < -0.3 is 10.6 Å². The fourth-order valence-corrected chi connectivity index (χ4v) is 4.09. The number of nitrogens with one attached hydrogen (secondary N) is 2. The van der Waals surface area contributed by atoms with Gasteiger partial charge in [-0.3, -0.25) is 0 Å². The first-order valence-corrected chi connectivity index (χ1v) is 8.95. The molecule has 1 saturated carbocycles. The molecule has 1 aromatic carbocycles. The van der Waals surface area contributed by atoms with E-state index in [2.05, 4.69) is 41.8 Å². The lowest BCUT2D eigenvalue weighted by molar-refractivity contribution is 0.376. The SMILES string of the molecule is CCCCc1ccc(NC2CCCC2C2CCCN2)cc1. The third-order valence-corrected chi connectivity index (χ3v) is 5.31. The Balaban J connectivity index is 1.57. The van der Waals surface area contributed by atoms with Crippen molar-refractivity contribution in [2.24, 2.45) is 5.92 Å². The largest absolute Gasteiger partial charge is 0.382 e. The second kappa shape index (κ2) is 7.31. The molecule has 1 aliphatic carbocycles. The summed E-state index contributed by atoms with van der Waals surface area (Å²) in [6.45, 7) is 3.48. The molecule has 0 bridgehead atoms. The molecule has 2 aliphatic rings. The van der Waals surface area contributed by atoms with Crippen molar-refractivity contribution in [1.29, 1.82) is 0 Å². The molecule has 2 fully saturated rings. The van der Waals surface area contributed by atoms with Gasteiger partial charge in [0.1, 0.15) is 0 Å². The summed E-state index contributed by atoms with van der Waals surface area (Å²) in [6, 6.07) is 10.6. The maximum absolute atomic E-state index is 3.81. The van der Waals surface area contributed by atoms with Gasteiger partial charge in [0, 0.05) is 17.8 Å². The zero-order chi connectivity index (χ0) is 14.5. The molecule has 1 saturated heterocycles. The zero-order valence-electron chi connectivity index (χ0n) is 13.4. The van der Waals surface area contributed by atoms with Crippen LogP contribution >= 0.6 is 0 Å². The Bertz CT molecular complexity index is 420. The van der Waals surface area contributed by atoms with Crippen molar-refractivity contribution >= 4 is 5.69 Å². The first-order valence-electron chi connectivity index (χ1n) is 8.95. The van der Waals surface area contributed by atoms with Gasteiger partial charge in [-0.1, -0.05) is 31.9 Å². The molecule has 1 heterocycles. The Morgan fingerprint density at radius 1 is 1.10 bits per heavy atom. The van der Waals surface area contributed by atoms with E-state index in [0.717, 1.165) is 12.0 Å². The monoisotopic (exact) mass is 286 g/mol. The molecule has 2 heteroatoms. The van der Waals surface area contributed by atoms with Crippen LogP contribution in [0.1, 0.15) is 57.4 Å². The Labute approximate surface area is 129 Å². The van der Waals surface area contributed by atoms with E-state index in [9.17, 15) is 0 Å². The van der Waals surface area contributed by atoms with Crippen LogP contribution in [0.4, 0.5) is 5.69 Å². The Morgan fingerprint density at radius 2 is 1.95 bits per heavy atom. The van der Waals surface area contributed by atoms with E-state index in [1.165, 1.54) is 69.2 Å². The van der Waals surface area contributed by atoms with Crippen molar-refractivity contribution in [3.8, 4) is 0 Å². The lowest BCUT2D eigenvalue weighted by atomic mass is 9.93. The zero-order valence-corrected chi connectivity index (χ0v) is 13.4. The van der Waals surface area contributed by atoms with Gasteiger partial charge in [-0.15, -0.1) is 0 Å². The number of rotatable bonds is 6. The van der Waals surface area contributed by atoms with Crippen LogP contribution in [-0.4, -0.2) is 18.6 Å². The van der Waals surface area contributed by atoms with Crippen LogP contribution in [0.3, 0.4) is 0 Å². The number of anilines is 1. The van der Waals surface area contributed by atoms with Crippen molar-refractivity contribution in [3.05, 3.63) is 29.8 Å². The summed E-state index contributed by atoms with van der Waals surface area (Å²) in [4.78, 5) is 0. The van der Waals surface area contributed by atoms with Crippen LogP contribution in [0, 0.1) is 5.92 Å². The van der Waals surface area contributed by atoms with Crippen molar-refractivity contribution in [1.82, 2.24) is 5.32 Å². The molecule has 3 unspecified atom stereocenters. The third kappa shape index (κ3) is 3.79. The van der Waals surface area contributed by atoms with Gasteiger partial charge in [-0.05, 0) is 68.7 Å². The highest BCUT2D eigenvalue weighted by Crippen LogP contribution is 2.33. The average molecular weight is 286 g/mol. The van der Waals surface area contributed by atoms with Crippen LogP contribution in [0.2, 0.25) is 0 Å². The maximum atomic E-state index is 3.81. The van der Waals surface area contributed by atoms with Crippen LogP contribution in [0.25, 0.3) is 0 Å². The second-order valence-electron chi connectivity index (χ2n) is 6.85. The fourth-order valence-electron chi connectivity index (χ4n) is 4.09. The summed E-state index contributed by atoms with van der Waals surface area (Å²) in [7, 11) is 0. The highest BCUT2D eigenvalue weighted by atomic mass is 15.0. The highest BCUT2D eigenvalue weighted by molar-refractivity contribution is 5.46. The predicted molar refractivity (Wildman–Crippen MR) is 90.8 cm³/mol. The number of hydrogen-bond acceptors (Lipinski definition) is 2. The van der Waals surface area contributed by atoms with Crippen molar-refractivity contribution < 1.29 is 0 Å². The summed E-state index contributed by atoms with van der Waals surface area (Å²) in [6.07, 6.45) is 10.6. The molecular formula is C19H30N2. The molecule has 0 radical (unpaired) electrons. The number of unbranched alkanes of at least 4 members (excludes halogenated alkanes) is 1. The molecule has 3 rings (SSSR count). The Kier molecular flexibility index (Phi) is 5.18. The molecule has 1 aliphatic heterocycles. The van der Waals surface area contributed by atoms with Gasteiger partial charge in [0.05, 0.1) is 0 Å². The normalized spacial score (nSPS) is 28.9. The van der Waals surface area contributed by atoms with Crippen LogP contribution in [0.15, 0.2) is 24.3 Å². The van der Waals surface area contributed by atoms with Crippen molar-refractivity contribution in [3.63, 3.8) is 0 Å². The first kappa shape index (κ1) is 14.9. The van der Waals surface area contributed by atoms with Gasteiger partial charge in [-0.25, -0.2) is 0 Å². The lowest BCUT2D eigenvalue weighted by Crippen LogP contribution is -2.38. The summed E-state index contributed by atoms with van der Waals surface area (Å²) in [5.41, 5.74) is 2.79. The quantitative estimate of drug-likeness (QED) is 0.812. The molecule has 3 atom stereocenters. The second-order valence-corrected chi connectivity index (χ2v) is 6.85. The van der Waals surface area contributed by atoms with E-state index in [1.807, 2.05) is 0 Å². The van der Waals surface area contributed by atoms with Gasteiger partial charge in [0.25, 0.3) is 0 Å². The molecule has 2 N–H and O–H groups in total. The van der Waals surface area contributed by atoms with Crippen molar-refractivity contribution in [2.45, 2.75) is 70.4 Å². The van der Waals surface area contributed by atoms with Crippen LogP contribution < -0.4 is 10.6 Å². The molecule has 0 amide bonds. The summed E-state index contributed by atoms with van der Waals surface area (Å²) in [5.74, 6) is 0.826. The number of aryl methyl sites for hydroxylation is 1. The van der Waals surface area contributed by atoms with Gasteiger partial charge >= 0.3 is 0 Å². The van der Waals surface area contributed by atoms with E-state index in [4.69, 9.17) is 0 Å². The average Bonchev–Trinajstić information content (AvgIpc) is 3.17. The summed E-state index contributed by atoms with van der Waals surface area (Å²) in [5, 5.41) is 7.52. The fraction of sp³-hybridized carbons (Fsp3) is 0.684. The van der Waals surface area contributed by atoms with Crippen LogP contribution in [-0.2, 0) is 6.42 Å². The minimum absolute atomic E-state index is 0.669. The number of hydrogen-bond donors (Lipinski definition) is 2. The first-order chi connectivity index (χ1) is 10.4. The van der Waals surface area contributed by atoms with E-state index >= 15 is 0 Å². The molecule has 0 aromatic heterocycles. The molecule has 21 heavy (non-hydrogen) atoms. The minimum Gasteiger partial charge on any atom is -0.382 e. The smallest absolute Gasteiger partial charge is 0.0342 e. The summed E-state index contributed by atoms with van der Waals surface area (Å²) < 4.78 is 0. The molecule has 1 aromatic rings. The van der Waals surface area contributed by atoms with Gasteiger partial charge in [0.2, 0.25) is 0 Å². The number of benzene rings is 1. The molecule has 0 spiro atoms. The molecule has 116 valence electrons. The van der Waals surface area contributed by atoms with E-state index in [0.29, 0.717) is 6.04 Å². The lowest BCUT2D eigenvalue weighted by Gasteiger charge is -2.27. The van der Waals surface area contributed by atoms with Gasteiger partial charge in [-0.2, -0.15) is 0 Å². The topological polar surface area (TPSA) is 24.1 Å². The standard InChI is InChI=1S/C19H30N2/c1-2-3-6-15-10-12-16(13-11-15)21-19-8-4-7-17(19)18-9-5-14-20-18/h10-13,17-21H,2-9,14H2,1H3. The predicted octanol–water partition coefficient (Wildman–Crippen LogP) is 4.36. The highest BCUT2D eigenvalue weighted by Gasteiger charge is 2.34. The maximum Gasteiger partial charge on any atom is 0.0342 e. The van der Waals surface area contributed by atoms with E-state index in [-0.39, 0.29) is 0 Å². The summed E-state index contributed by atoms with van der Waals surface area (Å²) >= 11 is 0. The van der Waals surface area contributed by atoms with Crippen LogP contribution in [0.5, 0.6) is 0 Å². The molecular weight excluding hydrogens is 256 g/mol. The third-order valence-electron chi connectivity index (χ3n) is 5.31. The van der Waals surface area contributed by atoms with Gasteiger partial charge in [0.15, 0.2) is 0 Å². The Hall–Kier alpha value is -1.02. The van der Waals surface area contributed by atoms with Crippen molar-refractivity contribution in [2.75, 3.05) is 11.9 Å². The van der Waals surface area contributed by atoms with E-state index in [1.54, 1.807) is 0 Å². The Morgan fingerprint density at radius 3 is 2.67 bits per heavy atom. The minimum atomic E-state index is 0.669.